The van der Waals surface area contributed by atoms with Gasteiger partial charge in [0, 0.05) is 18.3 Å². The minimum atomic E-state index is -0.285. The van der Waals surface area contributed by atoms with Crippen LogP contribution in [0, 0.1) is 5.82 Å². The lowest BCUT2D eigenvalue weighted by Gasteiger charge is -2.28. The van der Waals surface area contributed by atoms with Gasteiger partial charge in [-0.15, -0.1) is 11.3 Å². The Morgan fingerprint density at radius 2 is 2.09 bits per heavy atom. The molecule has 1 saturated carbocycles. The lowest BCUT2D eigenvalue weighted by Crippen LogP contribution is -2.51. The summed E-state index contributed by atoms with van der Waals surface area (Å²) in [6, 6.07) is 6.62. The molecule has 0 unspecified atom stereocenters. The van der Waals surface area contributed by atoms with Gasteiger partial charge in [-0.25, -0.2) is 9.37 Å². The van der Waals surface area contributed by atoms with E-state index in [9.17, 15) is 9.18 Å². The second-order valence-corrected chi connectivity index (χ2v) is 6.98. The van der Waals surface area contributed by atoms with Crippen molar-refractivity contribution < 1.29 is 9.18 Å². The highest BCUT2D eigenvalue weighted by Crippen LogP contribution is 2.29. The molecular weight excluding hydrogens is 313 g/mol. The fourth-order valence-electron chi connectivity index (χ4n) is 3.04. The molecule has 1 aliphatic carbocycles. The second-order valence-electron chi connectivity index (χ2n) is 6.04. The number of amides is 1. The van der Waals surface area contributed by atoms with E-state index in [4.69, 9.17) is 5.73 Å². The lowest BCUT2D eigenvalue weighted by molar-refractivity contribution is 0.0898. The van der Waals surface area contributed by atoms with Crippen molar-refractivity contribution in [1.82, 2.24) is 10.3 Å². The van der Waals surface area contributed by atoms with E-state index < -0.39 is 0 Å². The number of carbonyl (C=O) groups excluding carboxylic acids is 1. The van der Waals surface area contributed by atoms with Gasteiger partial charge < -0.3 is 11.1 Å². The molecule has 2 aromatic rings. The van der Waals surface area contributed by atoms with Crippen LogP contribution in [0.1, 0.15) is 46.7 Å². The van der Waals surface area contributed by atoms with Crippen molar-refractivity contribution in [2.24, 2.45) is 5.73 Å². The Hall–Kier alpha value is -1.79. The summed E-state index contributed by atoms with van der Waals surface area (Å²) in [5, 5.41) is 5.51. The van der Waals surface area contributed by atoms with Gasteiger partial charge in [-0.2, -0.15) is 0 Å². The van der Waals surface area contributed by atoms with Crippen LogP contribution >= 0.6 is 11.3 Å². The fourth-order valence-corrected chi connectivity index (χ4v) is 3.84. The number of hydrogen-bond donors (Lipinski definition) is 2. The van der Waals surface area contributed by atoms with E-state index in [0.29, 0.717) is 24.2 Å². The predicted octanol–water partition coefficient (Wildman–Crippen LogP) is 2.87. The Bertz CT molecular complexity index is 695. The summed E-state index contributed by atoms with van der Waals surface area (Å²) in [6.07, 6.45) is 4.41. The number of rotatable bonds is 5. The average molecular weight is 333 g/mol. The number of thiazole rings is 1. The Labute approximate surface area is 138 Å². The topological polar surface area (TPSA) is 68.0 Å². The summed E-state index contributed by atoms with van der Waals surface area (Å²) >= 11 is 1.38. The molecule has 0 aliphatic heterocycles. The van der Waals surface area contributed by atoms with Gasteiger partial charge in [0.25, 0.3) is 5.91 Å². The number of nitrogens with two attached hydrogens (primary N) is 1. The largest absolute Gasteiger partial charge is 0.344 e. The molecule has 1 fully saturated rings. The highest BCUT2D eigenvalue weighted by atomic mass is 32.1. The molecule has 0 bridgehead atoms. The number of aromatic nitrogens is 1. The third kappa shape index (κ3) is 3.59. The van der Waals surface area contributed by atoms with E-state index >= 15 is 0 Å². The quantitative estimate of drug-likeness (QED) is 0.884. The van der Waals surface area contributed by atoms with Crippen LogP contribution in [-0.4, -0.2) is 23.0 Å². The Balaban J connectivity index is 1.69. The van der Waals surface area contributed by atoms with Crippen LogP contribution in [0.25, 0.3) is 0 Å². The fraction of sp³-hybridized carbons (Fsp3) is 0.412. The van der Waals surface area contributed by atoms with Gasteiger partial charge in [-0.05, 0) is 24.5 Å². The zero-order chi connectivity index (χ0) is 16.3. The van der Waals surface area contributed by atoms with E-state index in [-0.39, 0.29) is 17.3 Å². The monoisotopic (exact) mass is 333 g/mol. The van der Waals surface area contributed by atoms with Crippen molar-refractivity contribution in [3.8, 4) is 0 Å². The smallest absolute Gasteiger partial charge is 0.271 e. The van der Waals surface area contributed by atoms with Crippen LogP contribution in [0.4, 0.5) is 4.39 Å². The summed E-state index contributed by atoms with van der Waals surface area (Å²) in [5.41, 5.74) is 6.54. The summed E-state index contributed by atoms with van der Waals surface area (Å²) in [7, 11) is 0. The van der Waals surface area contributed by atoms with Crippen LogP contribution < -0.4 is 11.1 Å². The zero-order valence-electron chi connectivity index (χ0n) is 12.8. The first kappa shape index (κ1) is 16.1. The molecule has 1 heterocycles. The van der Waals surface area contributed by atoms with Crippen LogP contribution in [0.3, 0.4) is 0 Å². The van der Waals surface area contributed by atoms with Crippen molar-refractivity contribution in [3.63, 3.8) is 0 Å². The van der Waals surface area contributed by atoms with Crippen molar-refractivity contribution in [3.05, 3.63) is 51.7 Å². The second kappa shape index (κ2) is 6.76. The van der Waals surface area contributed by atoms with Crippen molar-refractivity contribution in [2.45, 2.75) is 37.6 Å². The van der Waals surface area contributed by atoms with Crippen molar-refractivity contribution in [1.29, 1.82) is 0 Å². The summed E-state index contributed by atoms with van der Waals surface area (Å²) in [4.78, 5) is 16.8. The van der Waals surface area contributed by atoms with E-state index in [1.807, 2.05) is 0 Å². The first-order valence-corrected chi connectivity index (χ1v) is 8.70. The minimum Gasteiger partial charge on any atom is -0.344 e. The Morgan fingerprint density at radius 1 is 1.35 bits per heavy atom. The third-order valence-electron chi connectivity index (χ3n) is 4.41. The molecule has 1 aromatic carbocycles. The summed E-state index contributed by atoms with van der Waals surface area (Å²) in [6.45, 7) is 0.449. The molecule has 0 radical (unpaired) electrons. The van der Waals surface area contributed by atoms with Gasteiger partial charge in [0.1, 0.15) is 11.5 Å². The highest BCUT2D eigenvalue weighted by Gasteiger charge is 2.34. The molecule has 1 aromatic heterocycles. The standard InChI is InChI=1S/C17H20FN3OS/c18-13-6-2-1-5-12(13)9-15-20-14(10-23-15)16(22)21-17(11-19)7-3-4-8-17/h1-2,5-6,10H,3-4,7-9,11,19H2,(H,21,22). The van der Waals surface area contributed by atoms with Gasteiger partial charge in [-0.1, -0.05) is 31.0 Å². The van der Waals surface area contributed by atoms with Crippen molar-refractivity contribution in [2.75, 3.05) is 6.54 Å². The number of nitrogens with zero attached hydrogens (tertiary/aromatic N) is 1. The lowest BCUT2D eigenvalue weighted by atomic mass is 9.98. The van der Waals surface area contributed by atoms with Gasteiger partial charge >= 0.3 is 0 Å². The predicted molar refractivity (Wildman–Crippen MR) is 89.0 cm³/mol. The molecule has 23 heavy (non-hydrogen) atoms. The molecular formula is C17H20FN3OS. The van der Waals surface area contributed by atoms with E-state index in [1.54, 1.807) is 23.6 Å². The van der Waals surface area contributed by atoms with Gasteiger partial charge in [0.05, 0.1) is 10.5 Å². The van der Waals surface area contributed by atoms with E-state index in [0.717, 1.165) is 30.7 Å². The molecule has 4 nitrogen and oxygen atoms in total. The molecule has 3 rings (SSSR count). The normalized spacial score (nSPS) is 16.4. The number of halogens is 1. The Kier molecular flexibility index (Phi) is 4.73. The molecule has 0 spiro atoms. The van der Waals surface area contributed by atoms with Crippen LogP contribution in [0.2, 0.25) is 0 Å². The van der Waals surface area contributed by atoms with E-state index in [2.05, 4.69) is 10.3 Å². The van der Waals surface area contributed by atoms with Crippen LogP contribution in [-0.2, 0) is 6.42 Å². The number of hydrogen-bond acceptors (Lipinski definition) is 4. The minimum absolute atomic E-state index is 0.187. The molecule has 6 heteroatoms. The molecule has 122 valence electrons. The molecule has 1 aliphatic rings. The van der Waals surface area contributed by atoms with Crippen LogP contribution in [0.15, 0.2) is 29.6 Å². The summed E-state index contributed by atoms with van der Waals surface area (Å²) in [5.74, 6) is -0.435. The third-order valence-corrected chi connectivity index (χ3v) is 5.26. The van der Waals surface area contributed by atoms with Gasteiger partial charge in [0.2, 0.25) is 0 Å². The number of carbonyl (C=O) groups is 1. The van der Waals surface area contributed by atoms with Gasteiger partial charge in [-0.3, -0.25) is 4.79 Å². The van der Waals surface area contributed by atoms with Gasteiger partial charge in [0.15, 0.2) is 0 Å². The summed E-state index contributed by atoms with van der Waals surface area (Å²) < 4.78 is 13.7. The highest BCUT2D eigenvalue weighted by molar-refractivity contribution is 7.09. The maximum atomic E-state index is 13.7. The Morgan fingerprint density at radius 3 is 2.78 bits per heavy atom. The molecule has 1 amide bonds. The number of benzene rings is 1. The SMILES string of the molecule is NCC1(NC(=O)c2csc(Cc3ccccc3F)n2)CCCC1. The average Bonchev–Trinajstić information content (AvgIpc) is 3.20. The molecule has 0 saturated heterocycles. The van der Waals surface area contributed by atoms with E-state index in [1.165, 1.54) is 17.4 Å². The molecule has 0 atom stereocenters. The first-order chi connectivity index (χ1) is 11.1. The van der Waals surface area contributed by atoms with Crippen molar-refractivity contribution >= 4 is 17.2 Å². The zero-order valence-corrected chi connectivity index (χ0v) is 13.7. The maximum Gasteiger partial charge on any atom is 0.271 e. The molecule has 3 N–H and O–H groups in total. The number of nitrogens with one attached hydrogen (secondary N) is 1. The van der Waals surface area contributed by atoms with Crippen LogP contribution in [0.5, 0.6) is 0 Å². The maximum absolute atomic E-state index is 13.7. The first-order valence-electron chi connectivity index (χ1n) is 7.82.